The number of pyridine rings is 1. The molecule has 0 aliphatic rings. The third-order valence-corrected chi connectivity index (χ3v) is 6.21. The molecule has 0 saturated carbocycles. The molecule has 0 saturated heterocycles. The van der Waals surface area contributed by atoms with Crippen LogP contribution in [0.1, 0.15) is 16.1 Å². The van der Waals surface area contributed by atoms with Crippen LogP contribution in [-0.2, 0) is 6.54 Å². The molecule has 0 unspecified atom stereocenters. The molecule has 140 valence electrons. The highest BCUT2D eigenvalue weighted by atomic mass is 79.9. The molecule has 1 amide bonds. The first kappa shape index (κ1) is 19.3. The second kappa shape index (κ2) is 8.17. The summed E-state index contributed by atoms with van der Waals surface area (Å²) in [5, 5.41) is 1.46. The van der Waals surface area contributed by atoms with E-state index in [9.17, 15) is 4.79 Å². The maximum atomic E-state index is 13.4. The van der Waals surface area contributed by atoms with Crippen molar-refractivity contribution in [3.8, 4) is 0 Å². The van der Waals surface area contributed by atoms with E-state index in [1.54, 1.807) is 35.4 Å². The van der Waals surface area contributed by atoms with Gasteiger partial charge in [-0.1, -0.05) is 62.6 Å². The number of halogens is 3. The molecule has 4 nitrogen and oxygen atoms in total. The van der Waals surface area contributed by atoms with Crippen molar-refractivity contribution in [3.63, 3.8) is 0 Å². The van der Waals surface area contributed by atoms with Gasteiger partial charge in [0.2, 0.25) is 0 Å². The highest BCUT2D eigenvalue weighted by Gasteiger charge is 2.24. The fourth-order valence-electron chi connectivity index (χ4n) is 2.71. The summed E-state index contributed by atoms with van der Waals surface area (Å²) in [7, 11) is 0. The minimum atomic E-state index is -0.257. The molecule has 0 aliphatic heterocycles. The zero-order valence-corrected chi connectivity index (χ0v) is 18.2. The summed E-state index contributed by atoms with van der Waals surface area (Å²) >= 11 is 17.4. The van der Waals surface area contributed by atoms with E-state index < -0.39 is 0 Å². The Kier molecular flexibility index (Phi) is 5.64. The van der Waals surface area contributed by atoms with Crippen molar-refractivity contribution in [1.29, 1.82) is 0 Å². The van der Waals surface area contributed by atoms with E-state index in [0.717, 1.165) is 14.9 Å². The van der Waals surface area contributed by atoms with E-state index >= 15 is 0 Å². The number of hydrogen-bond donors (Lipinski definition) is 0. The smallest absolute Gasteiger partial charge is 0.261 e. The summed E-state index contributed by atoms with van der Waals surface area (Å²) in [5.74, 6) is -0.257. The van der Waals surface area contributed by atoms with E-state index in [4.69, 9.17) is 23.2 Å². The summed E-state index contributed by atoms with van der Waals surface area (Å²) in [5.41, 5.74) is 1.80. The van der Waals surface area contributed by atoms with Crippen LogP contribution in [0, 0.1) is 0 Å². The Balaban J connectivity index is 1.82. The van der Waals surface area contributed by atoms with Gasteiger partial charge in [0.1, 0.15) is 5.52 Å². The number of fused-ring (bicyclic) bond motifs is 1. The van der Waals surface area contributed by atoms with Crippen molar-refractivity contribution in [3.05, 3.63) is 86.6 Å². The Bertz CT molecular complexity index is 1170. The number of thiazole rings is 1. The normalized spacial score (nSPS) is 11.0. The van der Waals surface area contributed by atoms with Gasteiger partial charge in [-0.3, -0.25) is 14.7 Å². The maximum Gasteiger partial charge on any atom is 0.261 e. The lowest BCUT2D eigenvalue weighted by molar-refractivity contribution is 0.0985. The molecular formula is C20H12BrCl2N3OS. The minimum Gasteiger partial charge on any atom is -0.278 e. The molecule has 0 N–H and O–H groups in total. The molecule has 0 fully saturated rings. The predicted octanol–water partition coefficient (Wildman–Crippen LogP) is 6.61. The van der Waals surface area contributed by atoms with Crippen LogP contribution in [0.3, 0.4) is 0 Å². The number of nitrogens with zero attached hydrogens (tertiary/aromatic N) is 3. The number of carbonyl (C=O) groups is 1. The van der Waals surface area contributed by atoms with Gasteiger partial charge >= 0.3 is 0 Å². The summed E-state index contributed by atoms with van der Waals surface area (Å²) in [4.78, 5) is 24.0. The molecule has 4 rings (SSSR count). The van der Waals surface area contributed by atoms with Gasteiger partial charge in [0.15, 0.2) is 5.13 Å². The lowest BCUT2D eigenvalue weighted by Gasteiger charge is -2.20. The number of hydrogen-bond acceptors (Lipinski definition) is 4. The van der Waals surface area contributed by atoms with Crippen molar-refractivity contribution < 1.29 is 4.79 Å². The summed E-state index contributed by atoms with van der Waals surface area (Å²) in [6.07, 6.45) is 1.69. The maximum absolute atomic E-state index is 13.4. The van der Waals surface area contributed by atoms with Crippen molar-refractivity contribution in [2.75, 3.05) is 4.90 Å². The Morgan fingerprint density at radius 3 is 2.68 bits per heavy atom. The van der Waals surface area contributed by atoms with Crippen molar-refractivity contribution in [2.24, 2.45) is 0 Å². The topological polar surface area (TPSA) is 46.1 Å². The highest BCUT2D eigenvalue weighted by Crippen LogP contribution is 2.35. The molecule has 0 atom stereocenters. The van der Waals surface area contributed by atoms with Crippen LogP contribution in [0.25, 0.3) is 10.2 Å². The molecule has 4 aromatic rings. The molecule has 2 aromatic heterocycles. The zero-order chi connectivity index (χ0) is 19.7. The molecule has 0 bridgehead atoms. The van der Waals surface area contributed by atoms with Crippen LogP contribution in [0.2, 0.25) is 10.0 Å². The highest BCUT2D eigenvalue weighted by molar-refractivity contribution is 9.10. The Morgan fingerprint density at radius 1 is 1.07 bits per heavy atom. The number of anilines is 1. The van der Waals surface area contributed by atoms with Crippen LogP contribution >= 0.6 is 50.5 Å². The average Bonchev–Trinajstić information content (AvgIpc) is 3.14. The fraction of sp³-hybridized carbons (Fsp3) is 0.0500. The lowest BCUT2D eigenvalue weighted by atomic mass is 10.2. The van der Waals surface area contributed by atoms with Crippen LogP contribution in [0.15, 0.2) is 65.3 Å². The van der Waals surface area contributed by atoms with Gasteiger partial charge in [0, 0.05) is 10.7 Å². The number of carbonyl (C=O) groups excluding carboxylic acids is 1. The average molecular weight is 493 g/mol. The Labute approximate surface area is 183 Å². The second-order valence-electron chi connectivity index (χ2n) is 5.92. The molecule has 8 heteroatoms. The summed E-state index contributed by atoms with van der Waals surface area (Å²) in [6.45, 7) is 0.264. The second-order valence-corrected chi connectivity index (χ2v) is 8.66. The van der Waals surface area contributed by atoms with Crippen LogP contribution in [-0.4, -0.2) is 15.9 Å². The van der Waals surface area contributed by atoms with E-state index in [2.05, 4.69) is 25.9 Å². The van der Waals surface area contributed by atoms with E-state index in [0.29, 0.717) is 26.3 Å². The number of amides is 1. The molecule has 28 heavy (non-hydrogen) atoms. The molecule has 0 aliphatic carbocycles. The predicted molar refractivity (Wildman–Crippen MR) is 119 cm³/mol. The minimum absolute atomic E-state index is 0.257. The molecule has 2 aromatic carbocycles. The number of aromatic nitrogens is 2. The SMILES string of the molecule is O=C(c1cc(Br)ccc1Cl)N(Cc1ccccn1)c1nc2c(Cl)cccc2s1. The van der Waals surface area contributed by atoms with E-state index in [1.807, 2.05) is 30.3 Å². The largest absolute Gasteiger partial charge is 0.278 e. The van der Waals surface area contributed by atoms with Gasteiger partial charge in [-0.2, -0.15) is 0 Å². The first-order valence-electron chi connectivity index (χ1n) is 8.25. The van der Waals surface area contributed by atoms with Gasteiger partial charge in [0.25, 0.3) is 5.91 Å². The molecular weight excluding hydrogens is 481 g/mol. The third kappa shape index (κ3) is 3.91. The quantitative estimate of drug-likeness (QED) is 0.322. The summed E-state index contributed by atoms with van der Waals surface area (Å²) < 4.78 is 1.67. The molecule has 2 heterocycles. The monoisotopic (exact) mass is 491 g/mol. The third-order valence-electron chi connectivity index (χ3n) is 4.04. The first-order valence-corrected chi connectivity index (χ1v) is 10.6. The van der Waals surface area contributed by atoms with Gasteiger partial charge in [-0.25, -0.2) is 4.98 Å². The number of para-hydroxylation sites is 1. The van der Waals surface area contributed by atoms with E-state index in [1.165, 1.54) is 11.3 Å². The molecule has 0 spiro atoms. The van der Waals surface area contributed by atoms with Gasteiger partial charge in [-0.05, 0) is 42.5 Å². The number of benzene rings is 2. The lowest BCUT2D eigenvalue weighted by Crippen LogP contribution is -2.31. The Morgan fingerprint density at radius 2 is 1.93 bits per heavy atom. The van der Waals surface area contributed by atoms with Crippen LogP contribution in [0.4, 0.5) is 5.13 Å². The molecule has 0 radical (unpaired) electrons. The van der Waals surface area contributed by atoms with Crippen molar-refractivity contribution in [1.82, 2.24) is 9.97 Å². The Hall–Kier alpha value is -1.99. The number of rotatable bonds is 4. The standard InChI is InChI=1S/C20H12BrCl2N3OS/c21-12-7-8-15(22)14(10-12)19(27)26(11-13-4-1-2-9-24-13)20-25-18-16(23)5-3-6-17(18)28-20/h1-10H,11H2. The van der Waals surface area contributed by atoms with Gasteiger partial charge < -0.3 is 0 Å². The van der Waals surface area contributed by atoms with E-state index in [-0.39, 0.29) is 12.5 Å². The van der Waals surface area contributed by atoms with Crippen LogP contribution < -0.4 is 4.90 Å². The first-order chi connectivity index (χ1) is 13.5. The van der Waals surface area contributed by atoms with Crippen molar-refractivity contribution in [2.45, 2.75) is 6.54 Å². The van der Waals surface area contributed by atoms with Crippen LogP contribution in [0.5, 0.6) is 0 Å². The fourth-order valence-corrected chi connectivity index (χ4v) is 4.53. The van der Waals surface area contributed by atoms with Crippen molar-refractivity contribution >= 4 is 71.7 Å². The zero-order valence-electron chi connectivity index (χ0n) is 14.3. The van der Waals surface area contributed by atoms with Gasteiger partial charge in [0.05, 0.1) is 32.5 Å². The van der Waals surface area contributed by atoms with Gasteiger partial charge in [-0.15, -0.1) is 0 Å². The summed E-state index contributed by atoms with van der Waals surface area (Å²) in [6, 6.07) is 16.3.